The SMILES string of the molecule is CC(O)(CC(F)(F)C(F)(F)C(F)(F)C(F)(F)C(F)(F)C(F)(F)C(F)(F)F)c1ccc(C#N)cc1. The quantitative estimate of drug-likeness (QED) is 0.390. The van der Waals surface area contributed by atoms with Gasteiger partial charge in [-0.05, 0) is 24.6 Å². The number of alkyl halides is 15. The first kappa shape index (κ1) is 29.7. The van der Waals surface area contributed by atoms with Crippen molar-refractivity contribution < 1.29 is 71.0 Å². The molecule has 1 aromatic carbocycles. The predicted octanol–water partition coefficient (Wildman–Crippen LogP) is 6.53. The Bertz CT molecular complexity index is 926. The van der Waals surface area contributed by atoms with Crippen LogP contribution in [0.4, 0.5) is 65.9 Å². The third-order valence-corrected chi connectivity index (χ3v) is 4.59. The van der Waals surface area contributed by atoms with Gasteiger partial charge in [0.15, 0.2) is 0 Å². The zero-order chi connectivity index (χ0) is 27.4. The van der Waals surface area contributed by atoms with Gasteiger partial charge in [0.2, 0.25) is 0 Å². The molecule has 0 aromatic heterocycles. The van der Waals surface area contributed by atoms with Crippen LogP contribution in [0.15, 0.2) is 24.3 Å². The number of nitriles is 1. The summed E-state index contributed by atoms with van der Waals surface area (Å²) in [6.45, 7) is 0.251. The Kier molecular flexibility index (Phi) is 7.06. The maximum absolute atomic E-state index is 14.0. The number of nitrogens with zero attached hydrogens (tertiary/aromatic N) is 1. The lowest BCUT2D eigenvalue weighted by atomic mass is 9.83. The van der Waals surface area contributed by atoms with Gasteiger partial charge in [-0.1, -0.05) is 12.1 Å². The van der Waals surface area contributed by atoms with E-state index >= 15 is 0 Å². The average Bonchev–Trinajstić information content (AvgIpc) is 2.65. The van der Waals surface area contributed by atoms with Crippen molar-refractivity contribution in [3.05, 3.63) is 35.4 Å². The molecule has 0 aliphatic heterocycles. The number of benzene rings is 1. The van der Waals surface area contributed by atoms with E-state index < -0.39 is 59.3 Å². The van der Waals surface area contributed by atoms with Crippen LogP contribution >= 0.6 is 0 Å². The lowest BCUT2D eigenvalue weighted by Crippen LogP contribution is -2.72. The summed E-state index contributed by atoms with van der Waals surface area (Å²) < 4.78 is 198. The topological polar surface area (TPSA) is 44.0 Å². The Balaban J connectivity index is 3.52. The van der Waals surface area contributed by atoms with Crippen molar-refractivity contribution in [3.63, 3.8) is 0 Å². The molecule has 0 fully saturated rings. The van der Waals surface area contributed by atoms with Crippen molar-refractivity contribution in [3.8, 4) is 6.07 Å². The van der Waals surface area contributed by atoms with Gasteiger partial charge in [-0.25, -0.2) is 0 Å². The molecule has 34 heavy (non-hydrogen) atoms. The fraction of sp³-hybridized carbons (Fsp3) is 0.588. The van der Waals surface area contributed by atoms with Crippen molar-refractivity contribution in [2.45, 2.75) is 60.7 Å². The fourth-order valence-electron chi connectivity index (χ4n) is 2.55. The Morgan fingerprint density at radius 2 is 1.00 bits per heavy atom. The molecule has 2 nitrogen and oxygen atoms in total. The van der Waals surface area contributed by atoms with Crippen LogP contribution in [0.3, 0.4) is 0 Å². The minimum Gasteiger partial charge on any atom is -0.385 e. The van der Waals surface area contributed by atoms with Gasteiger partial charge in [0, 0.05) is 0 Å². The van der Waals surface area contributed by atoms with E-state index in [0.717, 1.165) is 12.1 Å². The van der Waals surface area contributed by atoms with Gasteiger partial charge in [0.05, 0.1) is 23.7 Å². The summed E-state index contributed by atoms with van der Waals surface area (Å²) in [7, 11) is 0. The van der Waals surface area contributed by atoms with Crippen molar-refractivity contribution in [1.82, 2.24) is 0 Å². The molecule has 0 radical (unpaired) electrons. The highest BCUT2D eigenvalue weighted by Gasteiger charge is 2.93. The molecule has 0 aliphatic rings. The third-order valence-electron chi connectivity index (χ3n) is 4.59. The molecule has 0 heterocycles. The second-order valence-corrected chi connectivity index (χ2v) is 7.21. The van der Waals surface area contributed by atoms with Crippen LogP contribution in [0.5, 0.6) is 0 Å². The van der Waals surface area contributed by atoms with Gasteiger partial charge in [-0.15, -0.1) is 0 Å². The monoisotopic (exact) mass is 529 g/mol. The summed E-state index contributed by atoms with van der Waals surface area (Å²) in [6, 6.07) is 4.40. The molecule has 17 heteroatoms. The first-order chi connectivity index (χ1) is 14.7. The lowest BCUT2D eigenvalue weighted by molar-refractivity contribution is -0.453. The highest BCUT2D eigenvalue weighted by atomic mass is 19.4. The van der Waals surface area contributed by atoms with Gasteiger partial charge in [0.1, 0.15) is 0 Å². The number of aliphatic hydroxyl groups is 1. The zero-order valence-corrected chi connectivity index (χ0v) is 16.1. The van der Waals surface area contributed by atoms with Crippen LogP contribution in [-0.2, 0) is 5.60 Å². The standard InChI is InChI=1S/C17H10F15NO/c1-10(34,9-4-2-8(6-33)3-5-9)7-11(18,19)12(20,21)13(22,23)14(24,25)15(26,27)16(28,29)17(30,31)32/h2-5,34H,7H2,1H3. The third kappa shape index (κ3) is 4.24. The van der Waals surface area contributed by atoms with E-state index in [4.69, 9.17) is 5.26 Å². The van der Waals surface area contributed by atoms with Crippen molar-refractivity contribution in [2.75, 3.05) is 0 Å². The smallest absolute Gasteiger partial charge is 0.385 e. The first-order valence-electron chi connectivity index (χ1n) is 8.31. The van der Waals surface area contributed by atoms with Gasteiger partial charge >= 0.3 is 41.7 Å². The van der Waals surface area contributed by atoms with Crippen molar-refractivity contribution >= 4 is 0 Å². The highest BCUT2D eigenvalue weighted by Crippen LogP contribution is 2.63. The molecule has 1 aromatic rings. The van der Waals surface area contributed by atoms with E-state index in [2.05, 4.69) is 0 Å². The minimum atomic E-state index is -8.38. The number of halogens is 15. The molecular formula is C17H10F15NO. The van der Waals surface area contributed by atoms with E-state index in [1.165, 1.54) is 6.07 Å². The number of hydrogen-bond donors (Lipinski definition) is 1. The van der Waals surface area contributed by atoms with E-state index in [0.29, 0.717) is 12.1 Å². The molecule has 0 saturated carbocycles. The van der Waals surface area contributed by atoms with Crippen LogP contribution in [0.2, 0.25) is 0 Å². The second-order valence-electron chi connectivity index (χ2n) is 7.21. The minimum absolute atomic E-state index is 0.185. The molecule has 1 atom stereocenters. The molecule has 0 bridgehead atoms. The van der Waals surface area contributed by atoms with Crippen molar-refractivity contribution in [2.24, 2.45) is 0 Å². The first-order valence-corrected chi connectivity index (χ1v) is 8.31. The van der Waals surface area contributed by atoms with Gasteiger partial charge in [-0.3, -0.25) is 0 Å². The second kappa shape index (κ2) is 8.09. The lowest BCUT2D eigenvalue weighted by Gasteiger charge is -2.42. The maximum atomic E-state index is 14.0. The summed E-state index contributed by atoms with van der Waals surface area (Å²) in [5, 5.41) is 18.6. The van der Waals surface area contributed by atoms with Gasteiger partial charge in [0.25, 0.3) is 0 Å². The maximum Gasteiger partial charge on any atom is 0.460 e. The number of hydrogen-bond acceptors (Lipinski definition) is 2. The molecule has 0 amide bonds. The Morgan fingerprint density at radius 3 is 1.35 bits per heavy atom. The predicted molar refractivity (Wildman–Crippen MR) is 81.1 cm³/mol. The van der Waals surface area contributed by atoms with Crippen LogP contribution in [0.25, 0.3) is 0 Å². The molecular weight excluding hydrogens is 519 g/mol. The van der Waals surface area contributed by atoms with Gasteiger partial charge < -0.3 is 5.11 Å². The fourth-order valence-corrected chi connectivity index (χ4v) is 2.55. The molecule has 1 unspecified atom stereocenters. The van der Waals surface area contributed by atoms with E-state index in [1.54, 1.807) is 0 Å². The molecule has 1 N–H and O–H groups in total. The largest absolute Gasteiger partial charge is 0.460 e. The van der Waals surface area contributed by atoms with Crippen LogP contribution in [-0.4, -0.2) is 46.8 Å². The summed E-state index contributed by atoms with van der Waals surface area (Å²) >= 11 is 0. The molecule has 1 rings (SSSR count). The molecule has 0 saturated heterocycles. The number of rotatable bonds is 8. The van der Waals surface area contributed by atoms with E-state index in [1.807, 2.05) is 0 Å². The normalized spacial score (nSPS) is 16.7. The molecule has 0 aliphatic carbocycles. The summed E-state index contributed by atoms with van der Waals surface area (Å²) in [5.41, 5.74) is -4.30. The van der Waals surface area contributed by atoms with E-state index in [9.17, 15) is 71.0 Å². The van der Waals surface area contributed by atoms with Gasteiger partial charge in [-0.2, -0.15) is 71.1 Å². The molecule has 0 spiro atoms. The Hall–Kier alpha value is -2.38. The Labute approximate surface area is 179 Å². The van der Waals surface area contributed by atoms with Crippen LogP contribution in [0.1, 0.15) is 24.5 Å². The van der Waals surface area contributed by atoms with E-state index in [-0.39, 0.29) is 12.5 Å². The summed E-state index contributed by atoms with van der Waals surface area (Å²) in [4.78, 5) is 0. The summed E-state index contributed by atoms with van der Waals surface area (Å²) in [5.74, 6) is -47.3. The molecule has 194 valence electrons. The van der Waals surface area contributed by atoms with Crippen LogP contribution in [0, 0.1) is 11.3 Å². The summed E-state index contributed by atoms with van der Waals surface area (Å²) in [6.07, 6.45) is -10.6. The average molecular weight is 529 g/mol. The van der Waals surface area contributed by atoms with Crippen molar-refractivity contribution in [1.29, 1.82) is 5.26 Å². The zero-order valence-electron chi connectivity index (χ0n) is 16.1. The Morgan fingerprint density at radius 1 is 0.647 bits per heavy atom. The van der Waals surface area contributed by atoms with Crippen LogP contribution < -0.4 is 0 Å². The highest BCUT2D eigenvalue weighted by molar-refractivity contribution is 5.34.